The van der Waals surface area contributed by atoms with Crippen LogP contribution in [0.5, 0.6) is 0 Å². The number of thioether (sulfide) groups is 1. The van der Waals surface area contributed by atoms with Crippen molar-refractivity contribution in [2.75, 3.05) is 25.1 Å². The number of β-lactam (4-membered cyclic amide) rings is 1. The molecule has 35 heavy (non-hydrogen) atoms. The first kappa shape index (κ1) is 24.5. The number of nitrogens with zero attached hydrogens (tertiary/aromatic N) is 3. The lowest BCUT2D eigenvalue weighted by Crippen LogP contribution is -2.71. The molecule has 0 radical (unpaired) electrons. The molecule has 2 atom stereocenters. The third-order valence-electron chi connectivity index (χ3n) is 5.63. The number of carbonyl (C=O) groups is 4. The minimum absolute atomic E-state index is 0.160. The molecular weight excluding hydrogens is 496 g/mol. The van der Waals surface area contributed by atoms with Gasteiger partial charge in [0, 0.05) is 23.3 Å². The van der Waals surface area contributed by atoms with Crippen LogP contribution < -0.4 is 16.4 Å². The van der Waals surface area contributed by atoms with Crippen LogP contribution >= 0.6 is 23.1 Å². The maximum absolute atomic E-state index is 13.1. The van der Waals surface area contributed by atoms with Gasteiger partial charge < -0.3 is 26.3 Å². The van der Waals surface area contributed by atoms with Crippen LogP contribution in [0.15, 0.2) is 45.6 Å². The van der Waals surface area contributed by atoms with Crippen molar-refractivity contribution >= 4 is 57.6 Å². The van der Waals surface area contributed by atoms with Crippen LogP contribution in [0, 0.1) is 0 Å². The number of amides is 3. The third-order valence-corrected chi connectivity index (χ3v) is 7.59. The number of aromatic nitrogens is 1. The average Bonchev–Trinajstić information content (AvgIpc) is 3.46. The maximum Gasteiger partial charge on any atom is 0.352 e. The molecule has 1 aromatic heterocycles. The lowest BCUT2D eigenvalue weighted by Gasteiger charge is -2.49. The standard InChI is InChI=1S/C21H22N6O6S2/c1-3-4-9(10-5-6-23-16(10)28)11-7-34-19-14(18(30)27(19)15(11)20(31)32)25-17(29)13(26-33-2)12-8-35-21(22)24-12/h3,8,14,19H,1,4-7H2,2H3,(H2,22,24)(H,23,28)(H,25,29)(H,31,32)/t14-,19-/m1/s1. The van der Waals surface area contributed by atoms with Crippen LogP contribution in [-0.4, -0.2) is 75.2 Å². The van der Waals surface area contributed by atoms with Crippen molar-refractivity contribution in [2.24, 2.45) is 5.16 Å². The molecule has 3 aliphatic heterocycles. The predicted molar refractivity (Wildman–Crippen MR) is 129 cm³/mol. The van der Waals surface area contributed by atoms with Crippen LogP contribution in [0.25, 0.3) is 0 Å². The van der Waals surface area contributed by atoms with Gasteiger partial charge in [0.1, 0.15) is 29.9 Å². The van der Waals surface area contributed by atoms with Crippen molar-refractivity contribution in [2.45, 2.75) is 24.3 Å². The molecule has 5 N–H and O–H groups in total. The summed E-state index contributed by atoms with van der Waals surface area (Å²) in [7, 11) is 1.27. The zero-order valence-electron chi connectivity index (χ0n) is 18.6. The summed E-state index contributed by atoms with van der Waals surface area (Å²) in [5, 5.41) is 20.2. The molecule has 2 saturated heterocycles. The molecule has 0 saturated carbocycles. The van der Waals surface area contributed by atoms with E-state index in [1.807, 2.05) is 0 Å². The quantitative estimate of drug-likeness (QED) is 0.123. The third kappa shape index (κ3) is 4.41. The smallest absolute Gasteiger partial charge is 0.352 e. The lowest BCUT2D eigenvalue weighted by atomic mass is 9.92. The average molecular weight is 519 g/mol. The second kappa shape index (κ2) is 9.92. The van der Waals surface area contributed by atoms with E-state index in [1.165, 1.54) is 24.3 Å². The number of hydrogen-bond acceptors (Lipinski definition) is 10. The molecular formula is C21H22N6O6S2. The number of nitrogen functional groups attached to an aromatic ring is 1. The Bertz CT molecular complexity index is 1220. The fraction of sp³-hybridized carbons (Fsp3) is 0.333. The van der Waals surface area contributed by atoms with Crippen molar-refractivity contribution in [1.29, 1.82) is 0 Å². The van der Waals surface area contributed by atoms with Crippen LogP contribution in [0.3, 0.4) is 0 Å². The van der Waals surface area contributed by atoms with Crippen molar-refractivity contribution in [3.05, 3.63) is 46.1 Å². The summed E-state index contributed by atoms with van der Waals surface area (Å²) in [6.45, 7) is 4.19. The lowest BCUT2D eigenvalue weighted by molar-refractivity contribution is -0.150. The second-order valence-corrected chi connectivity index (χ2v) is 9.64. The molecule has 4 rings (SSSR count). The van der Waals surface area contributed by atoms with Crippen LogP contribution in [-0.2, 0) is 24.0 Å². The molecule has 0 aliphatic carbocycles. The zero-order chi connectivity index (χ0) is 25.3. The molecule has 4 heterocycles. The minimum atomic E-state index is -1.29. The van der Waals surface area contributed by atoms with E-state index in [9.17, 15) is 24.3 Å². The van der Waals surface area contributed by atoms with Gasteiger partial charge in [0.25, 0.3) is 11.8 Å². The highest BCUT2D eigenvalue weighted by atomic mass is 32.2. The van der Waals surface area contributed by atoms with Crippen LogP contribution in [0.4, 0.5) is 5.13 Å². The summed E-state index contributed by atoms with van der Waals surface area (Å²) in [6.07, 6.45) is 2.35. The van der Waals surface area contributed by atoms with Gasteiger partial charge >= 0.3 is 5.97 Å². The Balaban J connectivity index is 1.62. The fourth-order valence-electron chi connectivity index (χ4n) is 4.13. The molecule has 0 spiro atoms. The number of fused-ring (bicyclic) bond motifs is 1. The highest BCUT2D eigenvalue weighted by Crippen LogP contribution is 2.43. The summed E-state index contributed by atoms with van der Waals surface area (Å²) in [5.41, 5.74) is 6.95. The van der Waals surface area contributed by atoms with Gasteiger partial charge in [-0.2, -0.15) is 0 Å². The van der Waals surface area contributed by atoms with E-state index in [-0.39, 0.29) is 40.3 Å². The molecule has 1 aromatic rings. The first-order valence-corrected chi connectivity index (χ1v) is 12.4. The highest BCUT2D eigenvalue weighted by molar-refractivity contribution is 8.00. The largest absolute Gasteiger partial charge is 0.477 e. The highest BCUT2D eigenvalue weighted by Gasteiger charge is 2.55. The Hall–Kier alpha value is -3.65. The van der Waals surface area contributed by atoms with Crippen molar-refractivity contribution in [3.8, 4) is 0 Å². The number of oxime groups is 1. The van der Waals surface area contributed by atoms with Gasteiger partial charge in [-0.1, -0.05) is 11.2 Å². The molecule has 0 aromatic carbocycles. The topological polar surface area (TPSA) is 176 Å². The first-order valence-electron chi connectivity index (χ1n) is 10.4. The van der Waals surface area contributed by atoms with Crippen molar-refractivity contribution < 1.29 is 29.1 Å². The SMILES string of the molecule is C=CCC(=C1CCNC1=O)C1=C(C(=O)O)N2C(=O)[C@@H](NC(=O)C(=NOC)c3csc(N)n3)[C@H]2SC1. The van der Waals surface area contributed by atoms with Gasteiger partial charge in [-0.25, -0.2) is 9.78 Å². The fourth-order valence-corrected chi connectivity index (χ4v) is 6.07. The van der Waals surface area contributed by atoms with Gasteiger partial charge in [-0.3, -0.25) is 19.3 Å². The zero-order valence-corrected chi connectivity index (χ0v) is 20.2. The molecule has 14 heteroatoms. The van der Waals surface area contributed by atoms with E-state index in [4.69, 9.17) is 10.6 Å². The van der Waals surface area contributed by atoms with Gasteiger partial charge in [-0.15, -0.1) is 29.7 Å². The molecule has 3 amide bonds. The second-order valence-electron chi connectivity index (χ2n) is 7.64. The van der Waals surface area contributed by atoms with E-state index in [0.717, 1.165) is 16.2 Å². The number of carbonyl (C=O) groups excluding carboxylic acids is 3. The van der Waals surface area contributed by atoms with Gasteiger partial charge in [-0.05, 0) is 24.0 Å². The maximum atomic E-state index is 13.1. The van der Waals surface area contributed by atoms with Gasteiger partial charge in [0.2, 0.25) is 5.91 Å². The van der Waals surface area contributed by atoms with Gasteiger partial charge in [0.05, 0.1) is 0 Å². The number of thiazole rings is 1. The summed E-state index contributed by atoms with van der Waals surface area (Å²) in [5.74, 6) is -2.59. The van der Waals surface area contributed by atoms with Gasteiger partial charge in [0.15, 0.2) is 10.8 Å². The Kier molecular flexibility index (Phi) is 6.93. The molecule has 0 bridgehead atoms. The number of allylic oxidation sites excluding steroid dienone is 2. The van der Waals surface area contributed by atoms with Crippen molar-refractivity contribution in [1.82, 2.24) is 20.5 Å². The predicted octanol–water partition coefficient (Wildman–Crippen LogP) is 0.207. The van der Waals surface area contributed by atoms with Crippen LogP contribution in [0.1, 0.15) is 18.5 Å². The number of rotatable bonds is 8. The summed E-state index contributed by atoms with van der Waals surface area (Å²) in [4.78, 5) is 60.4. The normalized spacial score (nSPS) is 23.3. The molecule has 2 fully saturated rings. The number of nitrogens with one attached hydrogen (secondary N) is 2. The summed E-state index contributed by atoms with van der Waals surface area (Å²) in [6, 6.07) is -0.980. The number of nitrogens with two attached hydrogens (primary N) is 1. The Morgan fingerprint density at radius 1 is 1.49 bits per heavy atom. The number of carboxylic acids is 1. The van der Waals surface area contributed by atoms with E-state index in [1.54, 1.807) is 6.08 Å². The summed E-state index contributed by atoms with van der Waals surface area (Å²) >= 11 is 2.41. The van der Waals surface area contributed by atoms with E-state index < -0.39 is 29.2 Å². The Morgan fingerprint density at radius 2 is 2.26 bits per heavy atom. The van der Waals surface area contributed by atoms with Crippen LogP contribution in [0.2, 0.25) is 0 Å². The van der Waals surface area contributed by atoms with E-state index in [2.05, 4.69) is 27.4 Å². The number of carboxylic acid groups (broad SMARTS) is 1. The molecule has 12 nitrogen and oxygen atoms in total. The molecule has 0 unspecified atom stereocenters. The Labute approximate surface area is 207 Å². The van der Waals surface area contributed by atoms with Crippen molar-refractivity contribution in [3.63, 3.8) is 0 Å². The Morgan fingerprint density at radius 3 is 2.83 bits per heavy atom. The molecule has 3 aliphatic rings. The first-order chi connectivity index (χ1) is 16.8. The number of anilines is 1. The number of aliphatic carboxylic acids is 1. The number of hydrogen-bond donors (Lipinski definition) is 4. The van der Waals surface area contributed by atoms with E-state index in [0.29, 0.717) is 29.7 Å². The van der Waals surface area contributed by atoms with E-state index >= 15 is 0 Å². The minimum Gasteiger partial charge on any atom is -0.477 e. The summed E-state index contributed by atoms with van der Waals surface area (Å²) < 4.78 is 0. The molecule has 184 valence electrons. The monoisotopic (exact) mass is 518 g/mol.